The van der Waals surface area contributed by atoms with Crippen molar-refractivity contribution in [2.45, 2.75) is 0 Å². The molecular weight excluding hydrogens is 84.9 g/mol. The van der Waals surface area contributed by atoms with Crippen LogP contribution in [0.3, 0.4) is 0 Å². The molecule has 1 rings (SSSR count). The van der Waals surface area contributed by atoms with Crippen molar-refractivity contribution in [1.82, 2.24) is 0 Å². The summed E-state index contributed by atoms with van der Waals surface area (Å²) in [6, 6.07) is 0. The summed E-state index contributed by atoms with van der Waals surface area (Å²) < 4.78 is 0. The van der Waals surface area contributed by atoms with E-state index < -0.39 is 5.14 Å². The summed E-state index contributed by atoms with van der Waals surface area (Å²) in [4.78, 5) is 6.67. The average molecular weight is 87.0 g/mol. The first kappa shape index (κ1) is 6.40. The van der Waals surface area contributed by atoms with E-state index in [0.29, 0.717) is 0 Å². The number of hydrogen-bond acceptors (Lipinski definition) is 4. The van der Waals surface area contributed by atoms with E-state index in [4.69, 9.17) is 5.21 Å². The molecule has 1 aliphatic rings. The van der Waals surface area contributed by atoms with Gasteiger partial charge in [-0.15, -0.1) is 5.21 Å². The zero-order valence-electron chi connectivity index (χ0n) is 2.12. The van der Waals surface area contributed by atoms with Crippen molar-refractivity contribution in [1.29, 1.82) is 0 Å². The van der Waals surface area contributed by atoms with Gasteiger partial charge in [0.2, 0.25) is 0 Å². The number of hydrogen-bond donors (Lipinski definition) is 1. The molecule has 0 spiro atoms. The fourth-order valence-electron chi connectivity index (χ4n) is 0.0285. The molecule has 0 aliphatic carbocycles. The maximum atomic E-state index is 9.26. The van der Waals surface area contributed by atoms with Gasteiger partial charge >= 0.3 is 18.9 Å². The molecule has 1 aliphatic heterocycles. The van der Waals surface area contributed by atoms with Gasteiger partial charge in [-0.1, -0.05) is 0 Å². The van der Waals surface area contributed by atoms with Gasteiger partial charge < -0.3 is 5.21 Å². The molecule has 1 fully saturated rings. The Morgan fingerprint density at radius 2 is 1.67 bits per heavy atom. The first-order valence-electron chi connectivity index (χ1n) is 0.914. The average Bonchev–Trinajstić information content (AvgIpc) is 1.76. The molecule has 0 bridgehead atoms. The summed E-state index contributed by atoms with van der Waals surface area (Å²) >= 11 is 0. The second-order valence-corrected chi connectivity index (χ2v) is 0.618. The zero-order valence-corrected chi connectivity index (χ0v) is 2.12. The molecule has 0 aromatic carbocycles. The van der Waals surface area contributed by atoms with E-state index in [-0.39, 0.29) is 18.9 Å². The van der Waals surface area contributed by atoms with Crippen molar-refractivity contribution in [2.24, 2.45) is 0 Å². The first-order valence-corrected chi connectivity index (χ1v) is 0.914. The maximum absolute atomic E-state index is 9.26. The largest absolute Gasteiger partial charge is 0.523 e. The minimum absolute atomic E-state index is 0. The van der Waals surface area contributed by atoms with Gasteiger partial charge in [-0.05, 0) is 0 Å². The normalized spacial score (nSPS) is 25.0. The van der Waals surface area contributed by atoms with Crippen LogP contribution in [-0.4, -0.2) is 29.2 Å². The van der Waals surface area contributed by atoms with Crippen molar-refractivity contribution in [3.63, 3.8) is 0 Å². The number of nitrogens with zero attached hydrogens (tertiary/aromatic N) is 1. The van der Waals surface area contributed by atoms with Gasteiger partial charge in [0.15, 0.2) is 5.14 Å². The summed E-state index contributed by atoms with van der Waals surface area (Å²) in [6.45, 7) is 0. The van der Waals surface area contributed by atoms with Crippen molar-refractivity contribution in [2.75, 3.05) is 0 Å². The van der Waals surface area contributed by atoms with Crippen molar-refractivity contribution in [3.05, 3.63) is 5.21 Å². The predicted molar refractivity (Wildman–Crippen MR) is 14.7 cm³/mol. The smallest absolute Gasteiger partial charge is 0.154 e. The Hall–Kier alpha value is 0.397. The van der Waals surface area contributed by atoms with E-state index in [1.165, 1.54) is 0 Å². The maximum Gasteiger partial charge on any atom is 0.154 e. The number of quaternary nitrogens is 1. The fourth-order valence-corrected chi connectivity index (χ4v) is 0.0285. The van der Waals surface area contributed by atoms with E-state index in [0.717, 1.165) is 0 Å². The van der Waals surface area contributed by atoms with E-state index in [1.54, 1.807) is 0 Å². The molecule has 5 nitrogen and oxygen atoms in total. The SMILES string of the molecule is [LiH].[O-][N+]1(O)OO1. The molecule has 0 aromatic heterocycles. The third-order valence-electron chi connectivity index (χ3n) is 0.202. The molecule has 0 aromatic rings. The van der Waals surface area contributed by atoms with Crippen LogP contribution in [0.4, 0.5) is 0 Å². The van der Waals surface area contributed by atoms with E-state index >= 15 is 0 Å². The third-order valence-corrected chi connectivity index (χ3v) is 0.202. The Bertz CT molecular complexity index is 45.5. The van der Waals surface area contributed by atoms with Gasteiger partial charge in [0.25, 0.3) is 0 Å². The van der Waals surface area contributed by atoms with Gasteiger partial charge in [0, 0.05) is 0 Å². The van der Waals surface area contributed by atoms with E-state index in [2.05, 4.69) is 9.98 Å². The molecule has 0 amide bonds. The van der Waals surface area contributed by atoms with Crippen molar-refractivity contribution >= 4 is 18.9 Å². The molecule has 1 saturated heterocycles. The second-order valence-electron chi connectivity index (χ2n) is 0.618. The molecule has 6 heteroatoms. The van der Waals surface area contributed by atoms with Gasteiger partial charge in [0.1, 0.15) is 9.98 Å². The minimum Gasteiger partial charge on any atom is -0.523 e. The van der Waals surface area contributed by atoms with Crippen LogP contribution >= 0.6 is 0 Å². The molecule has 6 heavy (non-hydrogen) atoms. The standard InChI is InChI=1S/Li.HNO4.H/c;2-1(3)4-5-1;/h;2H;. The molecule has 1 N–H and O–H groups in total. The summed E-state index contributed by atoms with van der Waals surface area (Å²) in [7, 11) is 0. The summed E-state index contributed by atoms with van der Waals surface area (Å²) in [5.74, 6) is 0. The summed E-state index contributed by atoms with van der Waals surface area (Å²) in [5, 5.41) is 14.8. The summed E-state index contributed by atoms with van der Waals surface area (Å²) in [6.07, 6.45) is 0. The van der Waals surface area contributed by atoms with Crippen LogP contribution in [0.25, 0.3) is 0 Å². The van der Waals surface area contributed by atoms with Crippen LogP contribution in [0.5, 0.6) is 0 Å². The van der Waals surface area contributed by atoms with E-state index in [1.807, 2.05) is 0 Å². The minimum atomic E-state index is -2.00. The van der Waals surface area contributed by atoms with Crippen LogP contribution in [0.2, 0.25) is 0 Å². The Morgan fingerprint density at radius 1 is 1.50 bits per heavy atom. The topological polar surface area (TPSA) is 68.3 Å². The Balaban J connectivity index is 0.000000250. The summed E-state index contributed by atoms with van der Waals surface area (Å²) in [5.41, 5.74) is 0. The Morgan fingerprint density at radius 3 is 1.67 bits per heavy atom. The molecule has 0 radical (unpaired) electrons. The van der Waals surface area contributed by atoms with E-state index in [9.17, 15) is 5.21 Å². The monoisotopic (exact) mass is 87.0 g/mol. The second kappa shape index (κ2) is 1.48. The zero-order chi connectivity index (χ0) is 3.91. The third kappa shape index (κ3) is 1.74. The quantitative estimate of drug-likeness (QED) is 0.133. The van der Waals surface area contributed by atoms with Crippen LogP contribution < -0.4 is 0 Å². The fraction of sp³-hybridized carbons (Fsp3) is 0. The first-order chi connectivity index (χ1) is 2.21. The van der Waals surface area contributed by atoms with Crippen molar-refractivity contribution < 1.29 is 20.3 Å². The Kier molecular flexibility index (Phi) is 1.58. The number of rotatable bonds is 0. The van der Waals surface area contributed by atoms with Crippen molar-refractivity contribution in [3.8, 4) is 0 Å². The van der Waals surface area contributed by atoms with Gasteiger partial charge in [-0.2, -0.15) is 0 Å². The van der Waals surface area contributed by atoms with Gasteiger partial charge in [0.05, 0.1) is 0 Å². The molecular formula is H2LiNO4. The molecule has 32 valence electrons. The van der Waals surface area contributed by atoms with Crippen LogP contribution in [0, 0.1) is 5.21 Å². The molecule has 0 unspecified atom stereocenters. The van der Waals surface area contributed by atoms with Crippen LogP contribution in [-0.2, 0) is 9.98 Å². The van der Waals surface area contributed by atoms with Crippen LogP contribution in [0.15, 0.2) is 0 Å². The van der Waals surface area contributed by atoms with Gasteiger partial charge in [-0.3, -0.25) is 0 Å². The molecule has 1 heterocycles. The van der Waals surface area contributed by atoms with Gasteiger partial charge in [-0.25, -0.2) is 0 Å². The van der Waals surface area contributed by atoms with Crippen LogP contribution in [0.1, 0.15) is 0 Å². The predicted octanol–water partition coefficient (Wildman–Crippen LogP) is -1.17. The Labute approximate surface area is 45.2 Å². The molecule has 0 atom stereocenters. The molecule has 0 saturated carbocycles.